The third-order valence-electron chi connectivity index (χ3n) is 2.20. The Kier molecular flexibility index (Phi) is 6.05. The molecule has 0 aromatic carbocycles. The Morgan fingerprint density at radius 1 is 1.53 bits per heavy atom. The van der Waals surface area contributed by atoms with Crippen molar-refractivity contribution >= 4 is 11.6 Å². The Bertz CT molecular complexity index is 519. The van der Waals surface area contributed by atoms with Gasteiger partial charge in [-0.3, -0.25) is 9.59 Å². The second kappa shape index (κ2) is 7.84. The molecule has 1 rings (SSSR count). The molecule has 4 N–H and O–H groups in total. The number of nitriles is 1. The molecule has 0 bridgehead atoms. The zero-order valence-electron chi connectivity index (χ0n) is 10.4. The van der Waals surface area contributed by atoms with Gasteiger partial charge in [0.1, 0.15) is 6.54 Å². The molecule has 1 amide bonds. The third-order valence-corrected chi connectivity index (χ3v) is 2.20. The van der Waals surface area contributed by atoms with Gasteiger partial charge in [0.15, 0.2) is 0 Å². The summed E-state index contributed by atoms with van der Waals surface area (Å²) in [6, 6.07) is 3.26. The SMILES string of the molecule is N#CCCNC(=O)Cn1ncc(NCCN)cc1=O. The molecule has 0 saturated heterocycles. The van der Waals surface area contributed by atoms with Gasteiger partial charge in [-0.25, -0.2) is 4.68 Å². The highest BCUT2D eigenvalue weighted by atomic mass is 16.2. The minimum Gasteiger partial charge on any atom is -0.382 e. The van der Waals surface area contributed by atoms with Crippen molar-refractivity contribution in [1.29, 1.82) is 5.26 Å². The molecule has 1 aromatic rings. The normalized spacial score (nSPS) is 9.68. The summed E-state index contributed by atoms with van der Waals surface area (Å²) in [5, 5.41) is 17.6. The monoisotopic (exact) mass is 264 g/mol. The number of nitrogens with two attached hydrogens (primary N) is 1. The molecular formula is C11H16N6O2. The van der Waals surface area contributed by atoms with E-state index in [9.17, 15) is 9.59 Å². The maximum Gasteiger partial charge on any atom is 0.269 e. The summed E-state index contributed by atoms with van der Waals surface area (Å²) in [5.41, 5.74) is 5.52. The number of nitrogens with zero attached hydrogens (tertiary/aromatic N) is 3. The summed E-state index contributed by atoms with van der Waals surface area (Å²) in [4.78, 5) is 23.1. The number of nitrogens with one attached hydrogen (secondary N) is 2. The van der Waals surface area contributed by atoms with Crippen molar-refractivity contribution in [3.63, 3.8) is 0 Å². The lowest BCUT2D eigenvalue weighted by Gasteiger charge is -2.07. The summed E-state index contributed by atoms with van der Waals surface area (Å²) in [7, 11) is 0. The number of hydrogen-bond acceptors (Lipinski definition) is 6. The molecule has 0 fully saturated rings. The summed E-state index contributed by atoms with van der Waals surface area (Å²) < 4.78 is 1.05. The highest BCUT2D eigenvalue weighted by Gasteiger charge is 2.05. The first-order valence-electron chi connectivity index (χ1n) is 5.82. The van der Waals surface area contributed by atoms with Crippen LogP contribution in [0.4, 0.5) is 5.69 Å². The zero-order valence-corrected chi connectivity index (χ0v) is 10.4. The van der Waals surface area contributed by atoms with Crippen LogP contribution in [0.2, 0.25) is 0 Å². The van der Waals surface area contributed by atoms with Crippen LogP contribution in [0, 0.1) is 11.3 Å². The van der Waals surface area contributed by atoms with E-state index in [1.807, 2.05) is 6.07 Å². The second-order valence-corrected chi connectivity index (χ2v) is 3.71. The average molecular weight is 264 g/mol. The fourth-order valence-corrected chi connectivity index (χ4v) is 1.32. The quantitative estimate of drug-likeness (QED) is 0.522. The van der Waals surface area contributed by atoms with E-state index in [1.165, 1.54) is 12.3 Å². The fraction of sp³-hybridized carbons (Fsp3) is 0.455. The van der Waals surface area contributed by atoms with Crippen LogP contribution in [-0.2, 0) is 11.3 Å². The van der Waals surface area contributed by atoms with Gasteiger partial charge < -0.3 is 16.4 Å². The van der Waals surface area contributed by atoms with E-state index in [2.05, 4.69) is 15.7 Å². The van der Waals surface area contributed by atoms with Gasteiger partial charge in [-0.05, 0) is 0 Å². The standard InChI is InChI=1S/C11H16N6O2/c12-2-1-4-15-10(18)8-17-11(19)6-9(7-16-17)14-5-3-13/h6-7,14H,1,3-5,8,13H2,(H,15,18). The number of hydrogen-bond donors (Lipinski definition) is 3. The van der Waals surface area contributed by atoms with Crippen LogP contribution < -0.4 is 21.9 Å². The summed E-state index contributed by atoms with van der Waals surface area (Å²) >= 11 is 0. The smallest absolute Gasteiger partial charge is 0.269 e. The molecule has 19 heavy (non-hydrogen) atoms. The minimum atomic E-state index is -0.377. The third kappa shape index (κ3) is 5.18. The molecule has 0 spiro atoms. The van der Waals surface area contributed by atoms with Gasteiger partial charge in [0.2, 0.25) is 5.91 Å². The van der Waals surface area contributed by atoms with Crippen molar-refractivity contribution in [2.45, 2.75) is 13.0 Å². The first-order chi connectivity index (χ1) is 9.17. The molecule has 0 aliphatic carbocycles. The predicted molar refractivity (Wildman–Crippen MR) is 69.3 cm³/mol. The van der Waals surface area contributed by atoms with E-state index in [0.717, 1.165) is 4.68 Å². The number of amides is 1. The van der Waals surface area contributed by atoms with Crippen LogP contribution >= 0.6 is 0 Å². The van der Waals surface area contributed by atoms with Crippen LogP contribution in [0.3, 0.4) is 0 Å². The van der Waals surface area contributed by atoms with Crippen LogP contribution in [0.5, 0.6) is 0 Å². The van der Waals surface area contributed by atoms with Crippen LogP contribution in [0.15, 0.2) is 17.1 Å². The summed E-state index contributed by atoms with van der Waals surface area (Å²) in [6.45, 7) is 1.09. The molecule has 0 aliphatic rings. The fourth-order valence-electron chi connectivity index (χ4n) is 1.32. The molecule has 0 radical (unpaired) electrons. The van der Waals surface area contributed by atoms with Crippen LogP contribution in [-0.4, -0.2) is 35.3 Å². The Labute approximate surface area is 110 Å². The van der Waals surface area contributed by atoms with Crippen molar-refractivity contribution in [1.82, 2.24) is 15.1 Å². The highest BCUT2D eigenvalue weighted by Crippen LogP contribution is 1.97. The highest BCUT2D eigenvalue weighted by molar-refractivity contribution is 5.75. The van der Waals surface area contributed by atoms with Crippen LogP contribution in [0.25, 0.3) is 0 Å². The zero-order chi connectivity index (χ0) is 14.1. The Morgan fingerprint density at radius 3 is 2.95 bits per heavy atom. The van der Waals surface area contributed by atoms with Gasteiger partial charge in [0.25, 0.3) is 5.56 Å². The molecule has 0 aliphatic heterocycles. The molecule has 0 atom stereocenters. The van der Waals surface area contributed by atoms with E-state index in [4.69, 9.17) is 11.0 Å². The summed E-state index contributed by atoms with van der Waals surface area (Å²) in [5.74, 6) is -0.354. The van der Waals surface area contributed by atoms with E-state index < -0.39 is 0 Å². The minimum absolute atomic E-state index is 0.165. The maximum absolute atomic E-state index is 11.7. The lowest BCUT2D eigenvalue weighted by molar-refractivity contribution is -0.121. The molecular weight excluding hydrogens is 248 g/mol. The topological polar surface area (TPSA) is 126 Å². The lowest BCUT2D eigenvalue weighted by atomic mass is 10.4. The summed E-state index contributed by atoms with van der Waals surface area (Å²) in [6.07, 6.45) is 1.69. The Balaban J connectivity index is 2.57. The van der Waals surface area contributed by atoms with Crippen molar-refractivity contribution in [2.75, 3.05) is 25.0 Å². The molecule has 8 heteroatoms. The van der Waals surface area contributed by atoms with Gasteiger partial charge in [0, 0.05) is 25.7 Å². The Hall–Kier alpha value is -2.40. The number of anilines is 1. The molecule has 1 aromatic heterocycles. The largest absolute Gasteiger partial charge is 0.382 e. The van der Waals surface area contributed by atoms with Crippen molar-refractivity contribution in [2.24, 2.45) is 5.73 Å². The predicted octanol–water partition coefficient (Wildman–Crippen LogP) is -1.36. The van der Waals surface area contributed by atoms with Crippen molar-refractivity contribution in [3.8, 4) is 6.07 Å². The van der Waals surface area contributed by atoms with E-state index in [-0.39, 0.29) is 31.0 Å². The average Bonchev–Trinajstić information content (AvgIpc) is 2.39. The number of carbonyl (C=O) groups is 1. The first-order valence-corrected chi connectivity index (χ1v) is 5.82. The second-order valence-electron chi connectivity index (χ2n) is 3.71. The van der Waals surface area contributed by atoms with E-state index in [0.29, 0.717) is 18.8 Å². The van der Waals surface area contributed by atoms with Gasteiger partial charge >= 0.3 is 0 Å². The number of aromatic nitrogens is 2. The van der Waals surface area contributed by atoms with Gasteiger partial charge in [-0.2, -0.15) is 10.4 Å². The molecule has 0 saturated carbocycles. The molecule has 8 nitrogen and oxygen atoms in total. The maximum atomic E-state index is 11.7. The van der Waals surface area contributed by atoms with Crippen LogP contribution in [0.1, 0.15) is 6.42 Å². The Morgan fingerprint density at radius 2 is 2.32 bits per heavy atom. The molecule has 102 valence electrons. The van der Waals surface area contributed by atoms with E-state index in [1.54, 1.807) is 0 Å². The van der Waals surface area contributed by atoms with Crippen molar-refractivity contribution < 1.29 is 4.79 Å². The van der Waals surface area contributed by atoms with Crippen molar-refractivity contribution in [3.05, 3.63) is 22.6 Å². The lowest BCUT2D eigenvalue weighted by Crippen LogP contribution is -2.34. The first kappa shape index (κ1) is 14.7. The number of rotatable bonds is 7. The van der Waals surface area contributed by atoms with Gasteiger partial charge in [-0.1, -0.05) is 0 Å². The molecule has 1 heterocycles. The molecule has 0 unspecified atom stereocenters. The number of carbonyl (C=O) groups excluding carboxylic acids is 1. The van der Waals surface area contributed by atoms with E-state index >= 15 is 0 Å². The van der Waals surface area contributed by atoms with Gasteiger partial charge in [0.05, 0.1) is 24.4 Å². The van der Waals surface area contributed by atoms with Gasteiger partial charge in [-0.15, -0.1) is 0 Å².